The number of hydrogen-bond donors (Lipinski definition) is 1. The zero-order valence-corrected chi connectivity index (χ0v) is 16.3. The van der Waals surface area contributed by atoms with Crippen LogP contribution in [0, 0.1) is 5.82 Å². The molecular formula is C20H24FN7O. The first kappa shape index (κ1) is 19.3. The molecule has 152 valence electrons. The monoisotopic (exact) mass is 397 g/mol. The Morgan fingerprint density at radius 2 is 2.21 bits per heavy atom. The molecule has 1 saturated heterocycles. The Morgan fingerprint density at radius 3 is 3.00 bits per heavy atom. The maximum absolute atomic E-state index is 13.7. The van der Waals surface area contributed by atoms with Gasteiger partial charge in [0.25, 0.3) is 0 Å². The minimum Gasteiger partial charge on any atom is -0.352 e. The molecule has 0 saturated carbocycles. The smallest absolute Gasteiger partial charge is 0.236 e. The molecule has 4 heterocycles. The lowest BCUT2D eigenvalue weighted by Gasteiger charge is -2.39. The number of nitrogens with two attached hydrogens (primary N) is 1. The Balaban J connectivity index is 1.64. The Labute approximate surface area is 168 Å². The lowest BCUT2D eigenvalue weighted by atomic mass is 10.0. The fourth-order valence-electron chi connectivity index (χ4n) is 3.92. The Bertz CT molecular complexity index is 1020. The van der Waals surface area contributed by atoms with Gasteiger partial charge >= 0.3 is 0 Å². The van der Waals surface area contributed by atoms with E-state index in [4.69, 9.17) is 10.7 Å². The fraction of sp³-hybridized carbons (Fsp3) is 0.400. The van der Waals surface area contributed by atoms with E-state index in [0.29, 0.717) is 23.7 Å². The Morgan fingerprint density at radius 1 is 1.34 bits per heavy atom. The summed E-state index contributed by atoms with van der Waals surface area (Å²) in [4.78, 5) is 29.5. The molecule has 2 N–H and O–H groups in total. The third-order valence-electron chi connectivity index (χ3n) is 5.34. The van der Waals surface area contributed by atoms with E-state index in [1.165, 1.54) is 12.3 Å². The number of hydrogen-bond acceptors (Lipinski definition) is 6. The van der Waals surface area contributed by atoms with Crippen molar-refractivity contribution in [2.45, 2.75) is 25.8 Å². The van der Waals surface area contributed by atoms with Gasteiger partial charge in [-0.3, -0.25) is 9.20 Å². The van der Waals surface area contributed by atoms with Crippen LogP contribution in [0.4, 0.5) is 10.2 Å². The van der Waals surface area contributed by atoms with Gasteiger partial charge < -0.3 is 15.5 Å². The summed E-state index contributed by atoms with van der Waals surface area (Å²) in [6, 6.07) is 5.01. The normalized spacial score (nSPS) is 16.9. The largest absolute Gasteiger partial charge is 0.352 e. The molecule has 3 aromatic heterocycles. The van der Waals surface area contributed by atoms with Crippen molar-refractivity contribution in [1.82, 2.24) is 24.3 Å². The second kappa shape index (κ2) is 8.12. The van der Waals surface area contributed by atoms with Crippen molar-refractivity contribution in [1.29, 1.82) is 0 Å². The van der Waals surface area contributed by atoms with E-state index < -0.39 is 0 Å². The third kappa shape index (κ3) is 3.77. The fourth-order valence-corrected chi connectivity index (χ4v) is 3.92. The van der Waals surface area contributed by atoms with Gasteiger partial charge in [0, 0.05) is 38.1 Å². The van der Waals surface area contributed by atoms with Crippen molar-refractivity contribution in [3.05, 3.63) is 42.6 Å². The molecule has 1 aliphatic heterocycles. The number of halogens is 1. The number of aromatic nitrogens is 4. The summed E-state index contributed by atoms with van der Waals surface area (Å²) in [5, 5.41) is 0. The summed E-state index contributed by atoms with van der Waals surface area (Å²) in [5.41, 5.74) is 6.79. The van der Waals surface area contributed by atoms with Crippen molar-refractivity contribution < 1.29 is 9.18 Å². The van der Waals surface area contributed by atoms with Crippen LogP contribution in [0.1, 0.15) is 19.8 Å². The van der Waals surface area contributed by atoms with Gasteiger partial charge in [0.15, 0.2) is 5.82 Å². The molecule has 0 radical (unpaired) electrons. The first-order valence-electron chi connectivity index (χ1n) is 9.81. The molecule has 1 atom stereocenters. The average Bonchev–Trinajstić information content (AvgIpc) is 3.17. The van der Waals surface area contributed by atoms with Crippen LogP contribution < -0.4 is 10.6 Å². The predicted octanol–water partition coefficient (Wildman–Crippen LogP) is 1.71. The van der Waals surface area contributed by atoms with Crippen LogP contribution in [0.25, 0.3) is 17.2 Å². The van der Waals surface area contributed by atoms with Crippen LogP contribution >= 0.6 is 0 Å². The summed E-state index contributed by atoms with van der Waals surface area (Å²) in [6.07, 6.45) is 6.62. The molecule has 29 heavy (non-hydrogen) atoms. The highest BCUT2D eigenvalue weighted by atomic mass is 19.1. The number of imidazole rings is 1. The molecule has 4 rings (SSSR count). The Kier molecular flexibility index (Phi) is 5.39. The molecule has 0 unspecified atom stereocenters. The lowest BCUT2D eigenvalue weighted by molar-refractivity contribution is -0.130. The summed E-state index contributed by atoms with van der Waals surface area (Å²) in [6.45, 7) is 4.21. The van der Waals surface area contributed by atoms with Gasteiger partial charge in [0.2, 0.25) is 5.91 Å². The molecule has 0 aliphatic carbocycles. The van der Waals surface area contributed by atoms with E-state index in [1.807, 2.05) is 11.0 Å². The number of carbonyl (C=O) groups is 1. The maximum atomic E-state index is 13.7. The molecule has 3 aromatic rings. The first-order chi connectivity index (χ1) is 14.1. The number of likely N-dealkylation sites (tertiary alicyclic amines) is 1. The summed E-state index contributed by atoms with van der Waals surface area (Å²) >= 11 is 0. The minimum atomic E-state index is -0.352. The van der Waals surface area contributed by atoms with Crippen LogP contribution in [-0.4, -0.2) is 62.4 Å². The van der Waals surface area contributed by atoms with Crippen LogP contribution in [-0.2, 0) is 4.79 Å². The number of rotatable bonds is 5. The quantitative estimate of drug-likeness (QED) is 0.705. The summed E-state index contributed by atoms with van der Waals surface area (Å²) < 4.78 is 15.4. The van der Waals surface area contributed by atoms with Gasteiger partial charge in [-0.2, -0.15) is 0 Å². The van der Waals surface area contributed by atoms with Crippen molar-refractivity contribution in [2.24, 2.45) is 5.73 Å². The van der Waals surface area contributed by atoms with E-state index >= 15 is 0 Å². The van der Waals surface area contributed by atoms with Crippen molar-refractivity contribution >= 4 is 17.4 Å². The highest BCUT2D eigenvalue weighted by Gasteiger charge is 2.28. The molecule has 1 fully saturated rings. The maximum Gasteiger partial charge on any atom is 0.236 e. The molecule has 0 spiro atoms. The highest BCUT2D eigenvalue weighted by molar-refractivity contribution is 5.78. The number of amides is 1. The number of pyridine rings is 1. The van der Waals surface area contributed by atoms with Crippen LogP contribution in [0.3, 0.4) is 0 Å². The number of likely N-dealkylation sites (N-methyl/N-ethyl adjacent to an activating group) is 1. The summed E-state index contributed by atoms with van der Waals surface area (Å²) in [7, 11) is 0. The minimum absolute atomic E-state index is 0.0260. The van der Waals surface area contributed by atoms with Crippen LogP contribution in [0.15, 0.2) is 36.8 Å². The van der Waals surface area contributed by atoms with E-state index in [2.05, 4.69) is 21.8 Å². The van der Waals surface area contributed by atoms with Crippen molar-refractivity contribution in [3.8, 4) is 11.5 Å². The number of anilines is 1. The average molecular weight is 397 g/mol. The third-order valence-corrected chi connectivity index (χ3v) is 5.34. The van der Waals surface area contributed by atoms with Crippen molar-refractivity contribution in [2.75, 3.05) is 31.1 Å². The molecule has 0 aromatic carbocycles. The molecule has 0 bridgehead atoms. The first-order valence-corrected chi connectivity index (χ1v) is 9.81. The lowest BCUT2D eigenvalue weighted by Crippen LogP contribution is -2.51. The molecule has 1 amide bonds. The molecule has 9 heteroatoms. The molecule has 8 nitrogen and oxygen atoms in total. The number of nitrogens with zero attached hydrogens (tertiary/aromatic N) is 6. The van der Waals surface area contributed by atoms with Gasteiger partial charge in [0.05, 0.1) is 12.7 Å². The summed E-state index contributed by atoms with van der Waals surface area (Å²) in [5.74, 6) is 0.873. The van der Waals surface area contributed by atoms with Gasteiger partial charge in [0.1, 0.15) is 23.0 Å². The van der Waals surface area contributed by atoms with Crippen molar-refractivity contribution in [3.63, 3.8) is 0 Å². The predicted molar refractivity (Wildman–Crippen MR) is 108 cm³/mol. The SMILES string of the molecule is CCN(c1ccnc(-c2cnc3ccc(F)cn23)n1)[C@@H]1CCCN(C(=O)CN)C1. The highest BCUT2D eigenvalue weighted by Crippen LogP contribution is 2.24. The van der Waals surface area contributed by atoms with E-state index in [0.717, 1.165) is 31.7 Å². The van der Waals surface area contributed by atoms with E-state index in [-0.39, 0.29) is 24.3 Å². The van der Waals surface area contributed by atoms with E-state index in [1.54, 1.807) is 22.9 Å². The molecular weight excluding hydrogens is 373 g/mol. The zero-order chi connectivity index (χ0) is 20.4. The van der Waals surface area contributed by atoms with E-state index in [9.17, 15) is 9.18 Å². The second-order valence-electron chi connectivity index (χ2n) is 7.08. The van der Waals surface area contributed by atoms with Gasteiger partial charge in [-0.1, -0.05) is 0 Å². The van der Waals surface area contributed by atoms with Crippen LogP contribution in [0.2, 0.25) is 0 Å². The second-order valence-corrected chi connectivity index (χ2v) is 7.08. The number of piperidine rings is 1. The molecule has 1 aliphatic rings. The number of carbonyl (C=O) groups excluding carboxylic acids is 1. The Hall–Kier alpha value is -3.07. The van der Waals surface area contributed by atoms with Gasteiger partial charge in [-0.05, 0) is 38.0 Å². The topological polar surface area (TPSA) is 92.7 Å². The van der Waals surface area contributed by atoms with Gasteiger partial charge in [-0.25, -0.2) is 19.3 Å². The van der Waals surface area contributed by atoms with Gasteiger partial charge in [-0.15, -0.1) is 0 Å². The number of fused-ring (bicyclic) bond motifs is 1. The standard InChI is InChI=1S/C20H24FN7O/c1-2-27(15-4-3-9-26(13-15)19(29)10-22)18-7-8-23-20(25-18)16-11-24-17-6-5-14(21)12-28(16)17/h5-8,11-12,15H,2-4,9-10,13,22H2,1H3/t15-/m1/s1. The zero-order valence-electron chi connectivity index (χ0n) is 16.3. The van der Waals surface area contributed by atoms with Crippen LogP contribution in [0.5, 0.6) is 0 Å².